The van der Waals surface area contributed by atoms with Crippen LogP contribution in [0.3, 0.4) is 0 Å². The van der Waals surface area contributed by atoms with Crippen molar-refractivity contribution in [2.75, 3.05) is 18.4 Å². The highest BCUT2D eigenvalue weighted by Gasteiger charge is 2.21. The van der Waals surface area contributed by atoms with Crippen LogP contribution in [-0.2, 0) is 21.2 Å². The van der Waals surface area contributed by atoms with Crippen molar-refractivity contribution in [2.24, 2.45) is 0 Å². The second-order valence-electron chi connectivity index (χ2n) is 6.24. The van der Waals surface area contributed by atoms with Crippen molar-refractivity contribution in [3.63, 3.8) is 0 Å². The number of sulfonamides is 1. The number of nitrogens with zero attached hydrogens (tertiary/aromatic N) is 2. The zero-order chi connectivity index (χ0) is 20.1. The minimum atomic E-state index is -3.49. The lowest BCUT2D eigenvalue weighted by atomic mass is 10.2. The minimum Gasteiger partial charge on any atom is -0.326 e. The van der Waals surface area contributed by atoms with Crippen molar-refractivity contribution in [3.05, 3.63) is 53.5 Å². The number of hydrogen-bond acceptors (Lipinski definition) is 5. The van der Waals surface area contributed by atoms with Crippen LogP contribution in [0.1, 0.15) is 25.3 Å². The first kappa shape index (κ1) is 20.4. The summed E-state index contributed by atoms with van der Waals surface area (Å²) in [7, 11) is -3.49. The lowest BCUT2D eigenvalue weighted by molar-refractivity contribution is -0.116. The Morgan fingerprint density at radius 2 is 1.75 bits per heavy atom. The fourth-order valence-corrected chi connectivity index (χ4v) is 5.32. The van der Waals surface area contributed by atoms with Gasteiger partial charge in [-0.3, -0.25) is 4.79 Å². The van der Waals surface area contributed by atoms with E-state index in [2.05, 4.69) is 10.3 Å². The Labute approximate surface area is 169 Å². The van der Waals surface area contributed by atoms with Crippen molar-refractivity contribution in [2.45, 2.75) is 31.6 Å². The van der Waals surface area contributed by atoms with Gasteiger partial charge in [0.15, 0.2) is 0 Å². The Morgan fingerprint density at radius 1 is 1.07 bits per heavy atom. The summed E-state index contributed by atoms with van der Waals surface area (Å²) in [6, 6.07) is 14.2. The summed E-state index contributed by atoms with van der Waals surface area (Å²) >= 11 is 1.59. The molecule has 1 amide bonds. The van der Waals surface area contributed by atoms with E-state index in [9.17, 15) is 13.2 Å². The number of hydrogen-bond donors (Lipinski definition) is 1. The zero-order valence-electron chi connectivity index (χ0n) is 15.9. The molecule has 28 heavy (non-hydrogen) atoms. The molecule has 6 nitrogen and oxygen atoms in total. The van der Waals surface area contributed by atoms with Gasteiger partial charge in [0.2, 0.25) is 15.9 Å². The number of carbonyl (C=O) groups excluding carboxylic acids is 1. The Morgan fingerprint density at radius 3 is 2.39 bits per heavy atom. The monoisotopic (exact) mass is 417 g/mol. The van der Waals surface area contributed by atoms with Crippen molar-refractivity contribution >= 4 is 43.2 Å². The highest BCUT2D eigenvalue weighted by molar-refractivity contribution is 7.89. The molecule has 0 spiro atoms. The maximum Gasteiger partial charge on any atom is 0.243 e. The average Bonchev–Trinajstić information content (AvgIpc) is 3.10. The molecular formula is C20H23N3O3S2. The van der Waals surface area contributed by atoms with Gasteiger partial charge in [-0.05, 0) is 36.4 Å². The van der Waals surface area contributed by atoms with E-state index in [4.69, 9.17) is 0 Å². The van der Waals surface area contributed by atoms with Gasteiger partial charge in [0, 0.05) is 31.6 Å². The lowest BCUT2D eigenvalue weighted by Gasteiger charge is -2.18. The van der Waals surface area contributed by atoms with Gasteiger partial charge < -0.3 is 5.32 Å². The van der Waals surface area contributed by atoms with Crippen molar-refractivity contribution < 1.29 is 13.2 Å². The van der Waals surface area contributed by atoms with Crippen molar-refractivity contribution in [3.8, 4) is 0 Å². The van der Waals surface area contributed by atoms with Crippen LogP contribution in [0, 0.1) is 0 Å². The van der Waals surface area contributed by atoms with Gasteiger partial charge in [0.05, 0.1) is 20.1 Å². The van der Waals surface area contributed by atoms with E-state index in [-0.39, 0.29) is 10.8 Å². The molecule has 0 unspecified atom stereocenters. The minimum absolute atomic E-state index is 0.126. The number of nitrogens with one attached hydrogen (secondary N) is 1. The van der Waals surface area contributed by atoms with E-state index in [0.717, 1.165) is 15.2 Å². The molecule has 1 aromatic heterocycles. The molecule has 2 aromatic carbocycles. The average molecular weight is 418 g/mol. The van der Waals surface area contributed by atoms with Gasteiger partial charge >= 0.3 is 0 Å². The molecule has 148 valence electrons. The standard InChI is InChI=1S/C20H23N3O3S2/c1-3-23(4-2)28(25,26)16-11-9-15(10-12-16)21-19(24)13-14-20-22-17-7-5-6-8-18(17)27-20/h5-12H,3-4,13-14H2,1-2H3,(H,21,24). The second-order valence-corrected chi connectivity index (χ2v) is 9.29. The summed E-state index contributed by atoms with van der Waals surface area (Å²) in [6.45, 7) is 4.45. The summed E-state index contributed by atoms with van der Waals surface area (Å²) in [6.07, 6.45) is 0.888. The van der Waals surface area contributed by atoms with Crippen LogP contribution in [0.25, 0.3) is 10.2 Å². The maximum atomic E-state index is 12.5. The number of carbonyl (C=O) groups is 1. The van der Waals surface area contributed by atoms with E-state index < -0.39 is 10.0 Å². The van der Waals surface area contributed by atoms with Gasteiger partial charge in [-0.2, -0.15) is 4.31 Å². The predicted molar refractivity (Wildman–Crippen MR) is 113 cm³/mol. The van der Waals surface area contributed by atoms with E-state index in [1.165, 1.54) is 16.4 Å². The van der Waals surface area contributed by atoms with Crippen LogP contribution in [0.5, 0.6) is 0 Å². The molecule has 1 N–H and O–H groups in total. The lowest BCUT2D eigenvalue weighted by Crippen LogP contribution is -2.30. The molecule has 0 bridgehead atoms. The topological polar surface area (TPSA) is 79.4 Å². The molecular weight excluding hydrogens is 394 g/mol. The van der Waals surface area contributed by atoms with Crippen LogP contribution in [-0.4, -0.2) is 36.7 Å². The third-order valence-electron chi connectivity index (χ3n) is 4.39. The number of aromatic nitrogens is 1. The van der Waals surface area contributed by atoms with Crippen LogP contribution in [0.15, 0.2) is 53.4 Å². The van der Waals surface area contributed by atoms with E-state index in [1.807, 2.05) is 24.3 Å². The van der Waals surface area contributed by atoms with E-state index in [0.29, 0.717) is 31.6 Å². The summed E-state index contributed by atoms with van der Waals surface area (Å²) in [5.41, 5.74) is 1.53. The van der Waals surface area contributed by atoms with E-state index >= 15 is 0 Å². The van der Waals surface area contributed by atoms with Gasteiger partial charge in [-0.25, -0.2) is 13.4 Å². The van der Waals surface area contributed by atoms with Gasteiger partial charge in [0.25, 0.3) is 0 Å². The first-order chi connectivity index (χ1) is 13.4. The highest BCUT2D eigenvalue weighted by Crippen LogP contribution is 2.23. The molecule has 0 aliphatic rings. The van der Waals surface area contributed by atoms with Crippen molar-refractivity contribution in [1.82, 2.24) is 9.29 Å². The first-order valence-electron chi connectivity index (χ1n) is 9.18. The predicted octanol–water partition coefficient (Wildman–Crippen LogP) is 3.90. The Kier molecular flexibility index (Phi) is 6.43. The second kappa shape index (κ2) is 8.81. The molecule has 0 aliphatic heterocycles. The molecule has 3 aromatic rings. The fraction of sp³-hybridized carbons (Fsp3) is 0.300. The largest absolute Gasteiger partial charge is 0.326 e. The normalized spacial score (nSPS) is 11.8. The molecule has 0 saturated carbocycles. The van der Waals surface area contributed by atoms with Crippen LogP contribution >= 0.6 is 11.3 Å². The summed E-state index contributed by atoms with van der Waals surface area (Å²) in [5, 5.41) is 3.74. The number of benzene rings is 2. The Hall–Kier alpha value is -2.29. The van der Waals surface area contributed by atoms with Gasteiger partial charge in [-0.15, -0.1) is 11.3 Å². The Balaban J connectivity index is 1.59. The third-order valence-corrected chi connectivity index (χ3v) is 7.55. The number of para-hydroxylation sites is 1. The quantitative estimate of drug-likeness (QED) is 0.603. The maximum absolute atomic E-state index is 12.5. The molecule has 1 heterocycles. The van der Waals surface area contributed by atoms with Crippen LogP contribution in [0.4, 0.5) is 5.69 Å². The number of thiazole rings is 1. The van der Waals surface area contributed by atoms with Crippen LogP contribution < -0.4 is 5.32 Å². The summed E-state index contributed by atoms with van der Waals surface area (Å²) < 4.78 is 27.5. The number of amides is 1. The zero-order valence-corrected chi connectivity index (χ0v) is 17.5. The molecule has 0 atom stereocenters. The van der Waals surface area contributed by atoms with E-state index in [1.54, 1.807) is 37.3 Å². The molecule has 0 radical (unpaired) electrons. The number of aryl methyl sites for hydroxylation is 1. The smallest absolute Gasteiger partial charge is 0.243 e. The number of anilines is 1. The molecule has 8 heteroatoms. The molecule has 0 saturated heterocycles. The third kappa shape index (κ3) is 4.57. The van der Waals surface area contributed by atoms with Gasteiger partial charge in [0.1, 0.15) is 0 Å². The molecule has 0 aliphatic carbocycles. The number of fused-ring (bicyclic) bond motifs is 1. The Bertz CT molecular complexity index is 1020. The molecule has 0 fully saturated rings. The van der Waals surface area contributed by atoms with Gasteiger partial charge in [-0.1, -0.05) is 26.0 Å². The van der Waals surface area contributed by atoms with Crippen LogP contribution in [0.2, 0.25) is 0 Å². The first-order valence-corrected chi connectivity index (χ1v) is 11.4. The van der Waals surface area contributed by atoms with Crippen molar-refractivity contribution in [1.29, 1.82) is 0 Å². The molecule has 3 rings (SSSR count). The number of rotatable bonds is 8. The summed E-state index contributed by atoms with van der Waals surface area (Å²) in [5.74, 6) is -0.126. The SMILES string of the molecule is CCN(CC)S(=O)(=O)c1ccc(NC(=O)CCc2nc3ccccc3s2)cc1. The fourth-order valence-electron chi connectivity index (χ4n) is 2.89. The summed E-state index contributed by atoms with van der Waals surface area (Å²) in [4.78, 5) is 17.0. The highest BCUT2D eigenvalue weighted by atomic mass is 32.2.